The van der Waals surface area contributed by atoms with Gasteiger partial charge in [-0.05, 0) is 43.3 Å². The van der Waals surface area contributed by atoms with E-state index in [9.17, 15) is 13.2 Å². The van der Waals surface area contributed by atoms with Crippen molar-refractivity contribution in [2.45, 2.75) is 24.8 Å². The highest BCUT2D eigenvalue weighted by molar-refractivity contribution is 7.92. The van der Waals surface area contributed by atoms with Crippen molar-refractivity contribution in [3.05, 3.63) is 58.5 Å². The predicted octanol–water partition coefficient (Wildman–Crippen LogP) is 3.12. The van der Waals surface area contributed by atoms with Crippen LogP contribution in [0.4, 0.5) is 11.5 Å². The molecule has 0 unspecified atom stereocenters. The van der Waals surface area contributed by atoms with Gasteiger partial charge in [0.1, 0.15) is 0 Å². The minimum atomic E-state index is -3.85. The largest absolute Gasteiger partial charge is 0.326 e. The lowest BCUT2D eigenvalue weighted by Crippen LogP contribution is -2.16. The lowest BCUT2D eigenvalue weighted by Gasteiger charge is -2.09. The standard InChI is InChI=1S/C17H16Cl2N6O3S/c1-11-14(18)10-20-25(11)9-8-17(26)21-12-2-4-13(5-3-12)29(27,28)24-16-7-6-15(19)22-23-16/h2-7,10H,8-9H2,1H3,(H,21,26)(H,23,24). The van der Waals surface area contributed by atoms with Crippen molar-refractivity contribution in [2.75, 3.05) is 10.0 Å². The van der Waals surface area contributed by atoms with E-state index in [1.54, 1.807) is 4.68 Å². The van der Waals surface area contributed by atoms with Crippen LogP contribution in [0.3, 0.4) is 0 Å². The number of hydrogen-bond donors (Lipinski definition) is 2. The molecule has 1 aromatic carbocycles. The normalized spacial score (nSPS) is 11.3. The molecule has 0 aliphatic carbocycles. The average molecular weight is 455 g/mol. The number of carbonyl (C=O) groups is 1. The van der Waals surface area contributed by atoms with Gasteiger partial charge in [0.25, 0.3) is 10.0 Å². The summed E-state index contributed by atoms with van der Waals surface area (Å²) in [7, 11) is -3.85. The highest BCUT2D eigenvalue weighted by Gasteiger charge is 2.15. The molecule has 0 radical (unpaired) electrons. The zero-order valence-corrected chi connectivity index (χ0v) is 17.5. The Bertz CT molecular complexity index is 1120. The van der Waals surface area contributed by atoms with Gasteiger partial charge in [0.15, 0.2) is 11.0 Å². The first-order chi connectivity index (χ1) is 13.7. The number of halogens is 2. The molecule has 2 heterocycles. The second-order valence-corrected chi connectivity index (χ2v) is 8.45. The number of nitrogens with one attached hydrogen (secondary N) is 2. The molecule has 0 bridgehead atoms. The van der Waals surface area contributed by atoms with Crippen molar-refractivity contribution in [2.24, 2.45) is 0 Å². The Labute approximate surface area is 177 Å². The molecule has 0 atom stereocenters. The summed E-state index contributed by atoms with van der Waals surface area (Å²) in [5.74, 6) is -0.193. The van der Waals surface area contributed by atoms with Gasteiger partial charge in [0.05, 0.1) is 28.4 Å². The van der Waals surface area contributed by atoms with E-state index in [0.717, 1.165) is 5.69 Å². The molecule has 3 rings (SSSR count). The molecule has 0 fully saturated rings. The van der Waals surface area contributed by atoms with Crippen LogP contribution in [0.5, 0.6) is 0 Å². The van der Waals surface area contributed by atoms with Crippen LogP contribution in [0, 0.1) is 6.92 Å². The number of aryl methyl sites for hydroxylation is 1. The van der Waals surface area contributed by atoms with Crippen molar-refractivity contribution in [1.29, 1.82) is 0 Å². The van der Waals surface area contributed by atoms with E-state index in [1.807, 2.05) is 6.92 Å². The van der Waals surface area contributed by atoms with E-state index in [2.05, 4.69) is 25.3 Å². The maximum absolute atomic E-state index is 12.4. The second kappa shape index (κ2) is 8.76. The summed E-state index contributed by atoms with van der Waals surface area (Å²) in [5.41, 5.74) is 1.25. The van der Waals surface area contributed by atoms with Crippen molar-refractivity contribution in [3.8, 4) is 0 Å². The number of anilines is 2. The Kier molecular flexibility index (Phi) is 6.36. The summed E-state index contributed by atoms with van der Waals surface area (Å²) in [6.07, 6.45) is 1.72. The molecule has 0 aliphatic heterocycles. The number of rotatable bonds is 7. The minimum absolute atomic E-state index is 0.00839. The lowest BCUT2D eigenvalue weighted by molar-refractivity contribution is -0.116. The fraction of sp³-hybridized carbons (Fsp3) is 0.176. The van der Waals surface area contributed by atoms with Gasteiger partial charge in [-0.1, -0.05) is 23.2 Å². The number of hydrogen-bond acceptors (Lipinski definition) is 6. The lowest BCUT2D eigenvalue weighted by atomic mass is 10.3. The molecule has 12 heteroatoms. The summed E-state index contributed by atoms with van der Waals surface area (Å²) in [6.45, 7) is 2.19. The van der Waals surface area contributed by atoms with E-state index in [0.29, 0.717) is 17.3 Å². The van der Waals surface area contributed by atoms with E-state index >= 15 is 0 Å². The van der Waals surface area contributed by atoms with Gasteiger partial charge in [0, 0.05) is 12.1 Å². The van der Waals surface area contributed by atoms with Gasteiger partial charge in [-0.3, -0.25) is 14.2 Å². The zero-order chi connectivity index (χ0) is 21.0. The second-order valence-electron chi connectivity index (χ2n) is 5.97. The molecule has 2 aromatic heterocycles. The van der Waals surface area contributed by atoms with E-state index in [-0.39, 0.29) is 28.2 Å². The number of aromatic nitrogens is 4. The van der Waals surface area contributed by atoms with Crippen molar-refractivity contribution < 1.29 is 13.2 Å². The van der Waals surface area contributed by atoms with Crippen LogP contribution >= 0.6 is 23.2 Å². The summed E-state index contributed by atoms with van der Waals surface area (Å²) >= 11 is 11.6. The highest BCUT2D eigenvalue weighted by Crippen LogP contribution is 2.18. The van der Waals surface area contributed by atoms with E-state index in [4.69, 9.17) is 23.2 Å². The monoisotopic (exact) mass is 454 g/mol. The van der Waals surface area contributed by atoms with Crippen LogP contribution < -0.4 is 10.0 Å². The maximum Gasteiger partial charge on any atom is 0.263 e. The predicted molar refractivity (Wildman–Crippen MR) is 110 cm³/mol. The molecule has 0 aliphatic rings. The molecule has 29 heavy (non-hydrogen) atoms. The van der Waals surface area contributed by atoms with Crippen LogP contribution in [-0.2, 0) is 21.4 Å². The molecular weight excluding hydrogens is 439 g/mol. The van der Waals surface area contributed by atoms with Crippen LogP contribution in [0.1, 0.15) is 12.1 Å². The third-order valence-corrected chi connectivity index (χ3v) is 5.86. The third-order valence-electron chi connectivity index (χ3n) is 3.91. The van der Waals surface area contributed by atoms with Crippen LogP contribution in [0.2, 0.25) is 10.2 Å². The fourth-order valence-corrected chi connectivity index (χ4v) is 3.60. The van der Waals surface area contributed by atoms with Crippen LogP contribution in [0.15, 0.2) is 47.5 Å². The summed E-state index contributed by atoms with van der Waals surface area (Å²) in [4.78, 5) is 12.1. The van der Waals surface area contributed by atoms with Gasteiger partial charge in [-0.15, -0.1) is 10.2 Å². The first-order valence-corrected chi connectivity index (χ1v) is 10.6. The molecule has 2 N–H and O–H groups in total. The molecule has 0 spiro atoms. The Balaban J connectivity index is 1.59. The maximum atomic E-state index is 12.4. The van der Waals surface area contributed by atoms with Gasteiger partial charge in [-0.2, -0.15) is 5.10 Å². The van der Waals surface area contributed by atoms with Gasteiger partial charge >= 0.3 is 0 Å². The molecule has 0 saturated carbocycles. The molecular formula is C17H16Cl2N6O3S. The summed E-state index contributed by atoms with van der Waals surface area (Å²) < 4.78 is 28.7. The first kappa shape index (κ1) is 21.0. The molecule has 1 amide bonds. The quantitative estimate of drug-likeness (QED) is 0.565. The SMILES string of the molecule is Cc1c(Cl)cnn1CCC(=O)Nc1ccc(S(=O)(=O)Nc2ccc(Cl)nn2)cc1. The molecule has 3 aromatic rings. The minimum Gasteiger partial charge on any atom is -0.326 e. The summed E-state index contributed by atoms with van der Waals surface area (Å²) in [5, 5.41) is 14.7. The van der Waals surface area contributed by atoms with E-state index in [1.165, 1.54) is 42.6 Å². The van der Waals surface area contributed by atoms with Crippen molar-refractivity contribution in [1.82, 2.24) is 20.0 Å². The number of benzene rings is 1. The van der Waals surface area contributed by atoms with Crippen LogP contribution in [-0.4, -0.2) is 34.3 Å². The van der Waals surface area contributed by atoms with E-state index < -0.39 is 10.0 Å². The average Bonchev–Trinajstić information content (AvgIpc) is 3.00. The Morgan fingerprint density at radius 2 is 1.83 bits per heavy atom. The fourth-order valence-electron chi connectivity index (χ4n) is 2.36. The zero-order valence-electron chi connectivity index (χ0n) is 15.1. The summed E-state index contributed by atoms with van der Waals surface area (Å²) in [6, 6.07) is 8.56. The Morgan fingerprint density at radius 3 is 2.41 bits per heavy atom. The van der Waals surface area contributed by atoms with Crippen molar-refractivity contribution >= 4 is 50.6 Å². The first-order valence-electron chi connectivity index (χ1n) is 8.34. The topological polar surface area (TPSA) is 119 Å². The Morgan fingerprint density at radius 1 is 1.10 bits per heavy atom. The number of nitrogens with zero attached hydrogens (tertiary/aromatic N) is 4. The molecule has 9 nitrogen and oxygen atoms in total. The third kappa shape index (κ3) is 5.43. The number of sulfonamides is 1. The van der Waals surface area contributed by atoms with Crippen LogP contribution in [0.25, 0.3) is 0 Å². The number of amides is 1. The molecule has 0 saturated heterocycles. The smallest absolute Gasteiger partial charge is 0.263 e. The molecule has 152 valence electrons. The highest BCUT2D eigenvalue weighted by atomic mass is 35.5. The number of carbonyl (C=O) groups excluding carboxylic acids is 1. The van der Waals surface area contributed by atoms with Gasteiger partial charge in [-0.25, -0.2) is 8.42 Å². The van der Waals surface area contributed by atoms with Crippen molar-refractivity contribution in [3.63, 3.8) is 0 Å². The Hall–Kier alpha value is -2.69. The van der Waals surface area contributed by atoms with Gasteiger partial charge in [0.2, 0.25) is 5.91 Å². The van der Waals surface area contributed by atoms with Gasteiger partial charge < -0.3 is 5.32 Å².